The van der Waals surface area contributed by atoms with Gasteiger partial charge >= 0.3 is 0 Å². The zero-order valence-corrected chi connectivity index (χ0v) is 24.9. The first-order valence-corrected chi connectivity index (χ1v) is 14.4. The molecule has 5 aromatic heterocycles. The average Bonchev–Trinajstić information content (AvgIpc) is 3.60. The number of nitrogens with zero attached hydrogens (tertiary/aromatic N) is 6. The number of likely N-dealkylation sites (N-methyl/N-ethyl adjacent to an activating group) is 1. The van der Waals surface area contributed by atoms with Crippen molar-refractivity contribution in [3.05, 3.63) is 67.0 Å². The van der Waals surface area contributed by atoms with Crippen molar-refractivity contribution < 1.29 is 9.18 Å². The number of hydrogen-bond donors (Lipinski definition) is 4. The molecule has 1 aromatic carbocycles. The van der Waals surface area contributed by atoms with E-state index >= 15 is 0 Å². The summed E-state index contributed by atoms with van der Waals surface area (Å²) in [5, 5.41) is 13.7. The number of H-pyrrole nitrogens is 2. The number of anilines is 2. The maximum atomic E-state index is 14.7. The number of carbonyl (C=O) groups excluding carboxylic acids is 1. The van der Waals surface area contributed by atoms with Gasteiger partial charge in [0, 0.05) is 48.7 Å². The van der Waals surface area contributed by atoms with Crippen molar-refractivity contribution in [3.63, 3.8) is 0 Å². The van der Waals surface area contributed by atoms with Gasteiger partial charge in [0.2, 0.25) is 5.91 Å². The fourth-order valence-corrected chi connectivity index (χ4v) is 4.98. The molecule has 0 aliphatic heterocycles. The summed E-state index contributed by atoms with van der Waals surface area (Å²) in [6.07, 6.45) is 7.11. The van der Waals surface area contributed by atoms with E-state index < -0.39 is 0 Å². The van der Waals surface area contributed by atoms with Gasteiger partial charge in [-0.25, -0.2) is 14.4 Å². The van der Waals surface area contributed by atoms with Crippen molar-refractivity contribution in [3.8, 4) is 33.9 Å². The maximum absolute atomic E-state index is 14.7. The lowest BCUT2D eigenvalue weighted by Gasteiger charge is -2.12. The smallest absolute Gasteiger partial charge is 0.224 e. The summed E-state index contributed by atoms with van der Waals surface area (Å²) in [5.74, 6) is 0.337. The number of fused-ring (bicyclic) bond motifs is 2. The lowest BCUT2D eigenvalue weighted by molar-refractivity contribution is -0.116. The summed E-state index contributed by atoms with van der Waals surface area (Å²) in [5.41, 5.74) is 7.26. The third-order valence-electron chi connectivity index (χ3n) is 7.03. The van der Waals surface area contributed by atoms with Crippen LogP contribution in [0.25, 0.3) is 56.0 Å². The number of nitrogens with one attached hydrogen (secondary N) is 4. The number of pyridine rings is 3. The first-order valence-electron chi connectivity index (χ1n) is 14.4. The molecular weight excluding hydrogens is 559 g/mol. The Morgan fingerprint density at radius 1 is 0.932 bits per heavy atom. The highest BCUT2D eigenvalue weighted by Crippen LogP contribution is 2.33. The van der Waals surface area contributed by atoms with E-state index in [4.69, 9.17) is 9.97 Å². The van der Waals surface area contributed by atoms with Crippen LogP contribution in [-0.2, 0) is 4.79 Å². The number of benzene rings is 1. The van der Waals surface area contributed by atoms with Gasteiger partial charge in [-0.05, 0) is 62.0 Å². The van der Waals surface area contributed by atoms with Crippen molar-refractivity contribution in [1.29, 1.82) is 0 Å². The van der Waals surface area contributed by atoms with Crippen LogP contribution in [0.4, 0.5) is 15.8 Å². The highest BCUT2D eigenvalue weighted by molar-refractivity contribution is 5.96. The third kappa shape index (κ3) is 6.25. The zero-order valence-electron chi connectivity index (χ0n) is 24.9. The molecule has 0 aliphatic rings. The minimum absolute atomic E-state index is 0.0618. The molecule has 5 heterocycles. The van der Waals surface area contributed by atoms with Crippen LogP contribution in [0.2, 0.25) is 0 Å². The summed E-state index contributed by atoms with van der Waals surface area (Å²) in [6, 6.07) is 10.5. The molecule has 0 bridgehead atoms. The summed E-state index contributed by atoms with van der Waals surface area (Å²) in [6.45, 7) is 5.49. The molecule has 0 radical (unpaired) electrons. The van der Waals surface area contributed by atoms with Gasteiger partial charge in [-0.1, -0.05) is 13.8 Å². The summed E-state index contributed by atoms with van der Waals surface area (Å²) in [7, 11) is 3.98. The predicted octanol–water partition coefficient (Wildman–Crippen LogP) is 5.72. The molecule has 1 amide bonds. The van der Waals surface area contributed by atoms with Crippen LogP contribution in [0.3, 0.4) is 0 Å². The Kier molecular flexibility index (Phi) is 7.99. The lowest BCUT2D eigenvalue weighted by Crippen LogP contribution is -2.20. The summed E-state index contributed by atoms with van der Waals surface area (Å²) in [4.78, 5) is 36.1. The van der Waals surface area contributed by atoms with Crippen LogP contribution in [-0.4, -0.2) is 73.1 Å². The Morgan fingerprint density at radius 3 is 2.57 bits per heavy atom. The van der Waals surface area contributed by atoms with E-state index in [9.17, 15) is 9.18 Å². The van der Waals surface area contributed by atoms with E-state index in [-0.39, 0.29) is 17.6 Å². The van der Waals surface area contributed by atoms with Gasteiger partial charge in [0.15, 0.2) is 11.5 Å². The Hall–Kier alpha value is -5.23. The molecule has 44 heavy (non-hydrogen) atoms. The molecule has 6 rings (SSSR count). The van der Waals surface area contributed by atoms with Crippen molar-refractivity contribution in [1.82, 2.24) is 40.0 Å². The maximum Gasteiger partial charge on any atom is 0.224 e. The third-order valence-corrected chi connectivity index (χ3v) is 7.03. The van der Waals surface area contributed by atoms with Gasteiger partial charge in [-0.3, -0.25) is 19.9 Å². The number of imidazole rings is 1. The molecule has 12 heteroatoms. The number of rotatable bonds is 10. The number of carbonyl (C=O) groups is 1. The van der Waals surface area contributed by atoms with Crippen LogP contribution < -0.4 is 10.6 Å². The van der Waals surface area contributed by atoms with E-state index in [2.05, 4.69) is 40.7 Å². The molecule has 0 fully saturated rings. The van der Waals surface area contributed by atoms with Gasteiger partial charge < -0.3 is 20.5 Å². The lowest BCUT2D eigenvalue weighted by atomic mass is 10.1. The minimum Gasteiger partial charge on any atom is -0.384 e. The zero-order chi connectivity index (χ0) is 30.8. The van der Waals surface area contributed by atoms with Crippen LogP contribution in [0, 0.1) is 11.7 Å². The van der Waals surface area contributed by atoms with Gasteiger partial charge in [0.25, 0.3) is 0 Å². The highest BCUT2D eigenvalue weighted by atomic mass is 19.1. The Bertz CT molecular complexity index is 1960. The molecule has 6 aromatic rings. The molecule has 0 saturated heterocycles. The van der Waals surface area contributed by atoms with Crippen LogP contribution in [0.15, 0.2) is 61.2 Å². The van der Waals surface area contributed by atoms with Gasteiger partial charge in [0.1, 0.15) is 11.3 Å². The monoisotopic (exact) mass is 592 g/mol. The van der Waals surface area contributed by atoms with Crippen molar-refractivity contribution in [2.45, 2.75) is 20.3 Å². The van der Waals surface area contributed by atoms with E-state index in [0.717, 1.165) is 17.6 Å². The molecule has 224 valence electrons. The topological polar surface area (TPSA) is 140 Å². The number of aromatic amines is 2. The second-order valence-electron chi connectivity index (χ2n) is 11.4. The molecule has 0 aliphatic carbocycles. The minimum atomic E-state index is -0.351. The number of aromatic nitrogens is 7. The fourth-order valence-electron chi connectivity index (χ4n) is 4.98. The van der Waals surface area contributed by atoms with E-state index in [0.29, 0.717) is 69.2 Å². The van der Waals surface area contributed by atoms with E-state index in [1.54, 1.807) is 24.8 Å². The quantitative estimate of drug-likeness (QED) is 0.158. The molecular formula is C32H33FN10O. The van der Waals surface area contributed by atoms with Gasteiger partial charge in [-0.2, -0.15) is 5.10 Å². The molecule has 0 saturated carbocycles. The predicted molar refractivity (Wildman–Crippen MR) is 171 cm³/mol. The van der Waals surface area contributed by atoms with Gasteiger partial charge in [0.05, 0.1) is 40.3 Å². The second kappa shape index (κ2) is 12.2. The van der Waals surface area contributed by atoms with Crippen LogP contribution >= 0.6 is 0 Å². The number of halogens is 1. The average molecular weight is 593 g/mol. The van der Waals surface area contributed by atoms with Crippen molar-refractivity contribution in [2.75, 3.05) is 37.8 Å². The molecule has 11 nitrogen and oxygen atoms in total. The molecule has 4 N–H and O–H groups in total. The summed E-state index contributed by atoms with van der Waals surface area (Å²) >= 11 is 0. The molecule has 0 unspecified atom stereocenters. The standard InChI is InChI=1S/C32H33FN10O/c1-18(2)9-28(44)37-23-12-20(14-34-15-23)25-5-6-26-30(38-25)31(42-41-26)32-39-27-17-35-16-24(29(27)40-32)19-10-21(33)13-22(11-19)36-7-8-43(3)4/h5-6,10-18,36H,7-9H2,1-4H3,(H,37,44)(H,39,40)(H,41,42). The normalized spacial score (nSPS) is 11.6. The SMILES string of the molecule is CC(C)CC(=O)Nc1cncc(-c2ccc3[nH]nc(-c4nc5c(-c6cc(F)cc(NCCN(C)C)c6)cncc5[nH]4)c3n2)c1. The fraction of sp³-hybridized carbons (Fsp3) is 0.250. The molecule has 0 atom stereocenters. The van der Waals surface area contributed by atoms with Crippen molar-refractivity contribution >= 4 is 39.3 Å². The first-order chi connectivity index (χ1) is 21.2. The molecule has 0 spiro atoms. The Morgan fingerprint density at radius 2 is 1.75 bits per heavy atom. The van der Waals surface area contributed by atoms with E-state index in [1.807, 2.05) is 52.2 Å². The largest absolute Gasteiger partial charge is 0.384 e. The first kappa shape index (κ1) is 28.9. The number of amides is 1. The highest BCUT2D eigenvalue weighted by Gasteiger charge is 2.18. The summed E-state index contributed by atoms with van der Waals surface area (Å²) < 4.78 is 14.7. The Balaban J connectivity index is 1.33. The number of hydrogen-bond acceptors (Lipinski definition) is 8. The second-order valence-corrected chi connectivity index (χ2v) is 11.4. The van der Waals surface area contributed by atoms with Crippen molar-refractivity contribution in [2.24, 2.45) is 5.92 Å². The van der Waals surface area contributed by atoms with Gasteiger partial charge in [-0.15, -0.1) is 0 Å². The van der Waals surface area contributed by atoms with E-state index in [1.165, 1.54) is 12.1 Å². The van der Waals surface area contributed by atoms with Crippen LogP contribution in [0.5, 0.6) is 0 Å². The Labute approximate surface area is 253 Å². The van der Waals surface area contributed by atoms with Crippen LogP contribution in [0.1, 0.15) is 20.3 Å².